The highest BCUT2D eigenvalue weighted by atomic mass is 16.4. The third kappa shape index (κ3) is 1.97. The van der Waals surface area contributed by atoms with E-state index in [1.165, 1.54) is 0 Å². The SMILES string of the molecule is Cc1ccc(-c2nc3c(ccc4ncccc43)c(=O)o2)cc1. The molecule has 0 unspecified atom stereocenters. The largest absolute Gasteiger partial charge is 0.403 e. The molecule has 2 heterocycles. The van der Waals surface area contributed by atoms with Gasteiger partial charge >= 0.3 is 5.63 Å². The van der Waals surface area contributed by atoms with Crippen molar-refractivity contribution in [2.75, 3.05) is 0 Å². The molecule has 0 N–H and O–H groups in total. The first-order chi connectivity index (χ1) is 10.7. The number of hydrogen-bond acceptors (Lipinski definition) is 4. The highest BCUT2D eigenvalue weighted by molar-refractivity contribution is 6.03. The Morgan fingerprint density at radius 1 is 0.955 bits per heavy atom. The Morgan fingerprint density at radius 3 is 2.59 bits per heavy atom. The average Bonchev–Trinajstić information content (AvgIpc) is 2.55. The summed E-state index contributed by atoms with van der Waals surface area (Å²) >= 11 is 0. The van der Waals surface area contributed by atoms with E-state index < -0.39 is 0 Å². The minimum atomic E-state index is -0.383. The maximum atomic E-state index is 12.3. The van der Waals surface area contributed by atoms with Crippen molar-refractivity contribution in [2.24, 2.45) is 0 Å². The van der Waals surface area contributed by atoms with Crippen molar-refractivity contribution < 1.29 is 4.42 Å². The number of benzene rings is 2. The second-order valence-corrected chi connectivity index (χ2v) is 5.20. The first-order valence-electron chi connectivity index (χ1n) is 6.98. The van der Waals surface area contributed by atoms with Gasteiger partial charge in [-0.3, -0.25) is 4.98 Å². The van der Waals surface area contributed by atoms with Crippen molar-refractivity contribution in [1.29, 1.82) is 0 Å². The maximum absolute atomic E-state index is 12.3. The topological polar surface area (TPSA) is 56.0 Å². The number of rotatable bonds is 1. The van der Waals surface area contributed by atoms with E-state index in [-0.39, 0.29) is 5.63 Å². The summed E-state index contributed by atoms with van der Waals surface area (Å²) in [5.74, 6) is 0.328. The summed E-state index contributed by atoms with van der Waals surface area (Å²) in [7, 11) is 0. The number of hydrogen-bond donors (Lipinski definition) is 0. The molecule has 0 aliphatic heterocycles. The van der Waals surface area contributed by atoms with Crippen molar-refractivity contribution in [2.45, 2.75) is 6.92 Å². The predicted molar refractivity (Wildman–Crippen MR) is 85.8 cm³/mol. The molecule has 4 rings (SSSR count). The molecule has 2 aromatic heterocycles. The highest BCUT2D eigenvalue weighted by Gasteiger charge is 2.11. The summed E-state index contributed by atoms with van der Waals surface area (Å²) < 4.78 is 5.38. The van der Waals surface area contributed by atoms with E-state index in [9.17, 15) is 4.79 Å². The molecule has 0 atom stereocenters. The Bertz CT molecular complexity index is 1050. The molecule has 2 aromatic carbocycles. The van der Waals surface area contributed by atoms with Crippen LogP contribution >= 0.6 is 0 Å². The lowest BCUT2D eigenvalue weighted by atomic mass is 10.1. The van der Waals surface area contributed by atoms with Crippen LogP contribution in [0.2, 0.25) is 0 Å². The minimum Gasteiger partial charge on any atom is -0.403 e. The molecule has 0 amide bonds. The van der Waals surface area contributed by atoms with Crippen LogP contribution in [0, 0.1) is 6.92 Å². The number of aryl methyl sites for hydroxylation is 1. The van der Waals surface area contributed by atoms with Crippen LogP contribution in [0.1, 0.15) is 5.56 Å². The Balaban J connectivity index is 2.08. The lowest BCUT2D eigenvalue weighted by Crippen LogP contribution is -2.03. The lowest BCUT2D eigenvalue weighted by Gasteiger charge is -2.04. The standard InChI is InChI=1S/C18H12N2O2/c1-11-4-6-12(7-5-11)17-20-16-13-3-2-10-19-15(13)9-8-14(16)18(21)22-17/h2-10H,1H3. The van der Waals surface area contributed by atoms with E-state index in [0.29, 0.717) is 16.8 Å². The van der Waals surface area contributed by atoms with Gasteiger partial charge in [-0.2, -0.15) is 0 Å². The van der Waals surface area contributed by atoms with E-state index in [1.54, 1.807) is 12.3 Å². The fourth-order valence-electron chi connectivity index (χ4n) is 2.51. The van der Waals surface area contributed by atoms with Gasteiger partial charge in [-0.15, -0.1) is 0 Å². The Hall–Kier alpha value is -3.01. The molecular formula is C18H12N2O2. The highest BCUT2D eigenvalue weighted by Crippen LogP contribution is 2.24. The second kappa shape index (κ2) is 4.77. The van der Waals surface area contributed by atoms with Gasteiger partial charge in [-0.1, -0.05) is 17.7 Å². The molecule has 0 radical (unpaired) electrons. The summed E-state index contributed by atoms with van der Waals surface area (Å²) in [6, 6.07) is 15.0. The van der Waals surface area contributed by atoms with Crippen molar-refractivity contribution in [3.05, 3.63) is 70.7 Å². The first kappa shape index (κ1) is 12.7. The third-order valence-electron chi connectivity index (χ3n) is 3.68. The smallest absolute Gasteiger partial charge is 0.347 e. The minimum absolute atomic E-state index is 0.328. The van der Waals surface area contributed by atoms with Crippen molar-refractivity contribution in [3.63, 3.8) is 0 Å². The Labute approximate surface area is 126 Å². The molecule has 4 aromatic rings. The third-order valence-corrected chi connectivity index (χ3v) is 3.68. The first-order valence-corrected chi connectivity index (χ1v) is 6.98. The fourth-order valence-corrected chi connectivity index (χ4v) is 2.51. The maximum Gasteiger partial charge on any atom is 0.347 e. The quantitative estimate of drug-likeness (QED) is 0.501. The molecule has 4 heteroatoms. The summed E-state index contributed by atoms with van der Waals surface area (Å²) in [5, 5.41) is 1.32. The number of aromatic nitrogens is 2. The van der Waals surface area contributed by atoms with Crippen LogP contribution in [-0.2, 0) is 0 Å². The van der Waals surface area contributed by atoms with Gasteiger partial charge in [0, 0.05) is 17.1 Å². The number of pyridine rings is 1. The van der Waals surface area contributed by atoms with E-state index in [4.69, 9.17) is 4.42 Å². The fraction of sp³-hybridized carbons (Fsp3) is 0.0556. The van der Waals surface area contributed by atoms with Crippen molar-refractivity contribution in [1.82, 2.24) is 9.97 Å². The zero-order valence-electron chi connectivity index (χ0n) is 11.9. The second-order valence-electron chi connectivity index (χ2n) is 5.20. The lowest BCUT2D eigenvalue weighted by molar-refractivity contribution is 0.518. The van der Waals surface area contributed by atoms with Gasteiger partial charge in [0.25, 0.3) is 0 Å². The van der Waals surface area contributed by atoms with Gasteiger partial charge < -0.3 is 4.42 Å². The van der Waals surface area contributed by atoms with Gasteiger partial charge in [-0.25, -0.2) is 9.78 Å². The van der Waals surface area contributed by atoms with Gasteiger partial charge in [0.2, 0.25) is 5.89 Å². The van der Waals surface area contributed by atoms with E-state index in [2.05, 4.69) is 9.97 Å². The molecule has 0 fully saturated rings. The predicted octanol–water partition coefficient (Wildman–Crippen LogP) is 3.71. The summed E-state index contributed by atoms with van der Waals surface area (Å²) in [4.78, 5) is 21.1. The Kier molecular flexibility index (Phi) is 2.76. The number of fused-ring (bicyclic) bond motifs is 3. The van der Waals surface area contributed by atoms with Gasteiger partial charge in [0.15, 0.2) is 0 Å². The molecule has 106 valence electrons. The molecule has 0 aliphatic rings. The number of nitrogens with zero attached hydrogens (tertiary/aromatic N) is 2. The molecule has 0 bridgehead atoms. The van der Waals surface area contributed by atoms with Crippen LogP contribution in [0.5, 0.6) is 0 Å². The normalized spacial score (nSPS) is 11.1. The van der Waals surface area contributed by atoms with E-state index in [1.807, 2.05) is 49.4 Å². The van der Waals surface area contributed by atoms with E-state index in [0.717, 1.165) is 22.0 Å². The molecule has 0 saturated heterocycles. The monoisotopic (exact) mass is 288 g/mol. The van der Waals surface area contributed by atoms with Gasteiger partial charge in [0.05, 0.1) is 16.4 Å². The average molecular weight is 288 g/mol. The van der Waals surface area contributed by atoms with Crippen LogP contribution in [0.25, 0.3) is 33.3 Å². The van der Waals surface area contributed by atoms with Crippen LogP contribution < -0.4 is 5.63 Å². The molecule has 0 saturated carbocycles. The van der Waals surface area contributed by atoms with Crippen LogP contribution in [0.15, 0.2) is 63.9 Å². The molecule has 4 nitrogen and oxygen atoms in total. The zero-order chi connectivity index (χ0) is 15.1. The van der Waals surface area contributed by atoms with Crippen LogP contribution in [0.4, 0.5) is 0 Å². The van der Waals surface area contributed by atoms with Gasteiger partial charge in [-0.05, 0) is 43.3 Å². The van der Waals surface area contributed by atoms with Gasteiger partial charge in [0.1, 0.15) is 0 Å². The van der Waals surface area contributed by atoms with Crippen molar-refractivity contribution in [3.8, 4) is 11.5 Å². The summed E-state index contributed by atoms with van der Waals surface area (Å²) in [6.45, 7) is 2.01. The van der Waals surface area contributed by atoms with Crippen molar-refractivity contribution >= 4 is 21.8 Å². The summed E-state index contributed by atoms with van der Waals surface area (Å²) in [5.41, 5.74) is 2.97. The summed E-state index contributed by atoms with van der Waals surface area (Å²) in [6.07, 6.45) is 1.72. The molecular weight excluding hydrogens is 276 g/mol. The van der Waals surface area contributed by atoms with Crippen LogP contribution in [0.3, 0.4) is 0 Å². The zero-order valence-corrected chi connectivity index (χ0v) is 11.9. The molecule has 0 aliphatic carbocycles. The Morgan fingerprint density at radius 2 is 1.77 bits per heavy atom. The van der Waals surface area contributed by atoms with Crippen LogP contribution in [-0.4, -0.2) is 9.97 Å². The molecule has 0 spiro atoms. The van der Waals surface area contributed by atoms with E-state index >= 15 is 0 Å². The molecule has 22 heavy (non-hydrogen) atoms.